The molecule has 0 saturated heterocycles. The number of hydrogen-bond donors (Lipinski definition) is 2. The minimum atomic E-state index is -4.26. The molecule has 2 atom stereocenters. The summed E-state index contributed by atoms with van der Waals surface area (Å²) < 4.78 is 33.3. The van der Waals surface area contributed by atoms with Crippen LogP contribution in [0, 0.1) is 0 Å². The Labute approximate surface area is 283 Å². The van der Waals surface area contributed by atoms with Crippen LogP contribution >= 0.6 is 7.82 Å². The monoisotopic (exact) mass is 676 g/mol. The van der Waals surface area contributed by atoms with Gasteiger partial charge in [-0.05, 0) is 38.5 Å². The standard InChI is InChI=1S/C37H74NO7P/c1-3-5-7-9-11-13-15-16-17-18-19-20-22-24-26-28-30-37(39)45-36(35-44-46(40,41)43-33-31-38)34-42-32-29-27-25-23-21-14-12-10-8-6-4-2/h17-18,36H,3-16,19-35,38H2,1-2H3,(H,40,41)/b18-17-. The summed E-state index contributed by atoms with van der Waals surface area (Å²) >= 11 is 0. The van der Waals surface area contributed by atoms with Gasteiger partial charge in [0, 0.05) is 19.6 Å². The molecule has 9 heteroatoms. The van der Waals surface area contributed by atoms with Gasteiger partial charge in [-0.2, -0.15) is 0 Å². The number of rotatable bonds is 37. The fraction of sp³-hybridized carbons (Fsp3) is 0.919. The highest BCUT2D eigenvalue weighted by Crippen LogP contribution is 2.43. The van der Waals surface area contributed by atoms with Gasteiger partial charge in [0.25, 0.3) is 0 Å². The van der Waals surface area contributed by atoms with Crippen molar-refractivity contribution in [1.29, 1.82) is 0 Å². The van der Waals surface area contributed by atoms with E-state index in [1.165, 1.54) is 116 Å². The predicted molar refractivity (Wildman–Crippen MR) is 192 cm³/mol. The van der Waals surface area contributed by atoms with E-state index < -0.39 is 13.9 Å². The van der Waals surface area contributed by atoms with Gasteiger partial charge in [-0.3, -0.25) is 13.8 Å². The molecule has 0 heterocycles. The highest BCUT2D eigenvalue weighted by Gasteiger charge is 2.25. The Kier molecular flexibility index (Phi) is 35.0. The third-order valence-corrected chi connectivity index (χ3v) is 9.17. The summed E-state index contributed by atoms with van der Waals surface area (Å²) in [4.78, 5) is 22.4. The van der Waals surface area contributed by atoms with Crippen molar-refractivity contribution in [3.8, 4) is 0 Å². The zero-order chi connectivity index (χ0) is 33.8. The van der Waals surface area contributed by atoms with Gasteiger partial charge in [-0.1, -0.05) is 148 Å². The smallest absolute Gasteiger partial charge is 0.457 e. The molecule has 0 aromatic heterocycles. The van der Waals surface area contributed by atoms with E-state index in [0.29, 0.717) is 13.0 Å². The lowest BCUT2D eigenvalue weighted by atomic mass is 10.1. The number of nitrogens with two attached hydrogens (primary N) is 1. The van der Waals surface area contributed by atoms with Crippen molar-refractivity contribution >= 4 is 13.8 Å². The number of carbonyl (C=O) groups is 1. The van der Waals surface area contributed by atoms with Gasteiger partial charge in [0.2, 0.25) is 0 Å². The van der Waals surface area contributed by atoms with Crippen LogP contribution in [0.2, 0.25) is 0 Å². The van der Waals surface area contributed by atoms with Gasteiger partial charge in [0.05, 0.1) is 19.8 Å². The van der Waals surface area contributed by atoms with Gasteiger partial charge >= 0.3 is 13.8 Å². The predicted octanol–water partition coefficient (Wildman–Crippen LogP) is 10.7. The molecule has 8 nitrogen and oxygen atoms in total. The Balaban J connectivity index is 4.07. The lowest BCUT2D eigenvalue weighted by Crippen LogP contribution is -2.28. The number of esters is 1. The molecule has 0 fully saturated rings. The number of allylic oxidation sites excluding steroid dienone is 2. The maximum Gasteiger partial charge on any atom is 0.472 e. The molecule has 3 N–H and O–H groups in total. The second-order valence-electron chi connectivity index (χ2n) is 12.8. The van der Waals surface area contributed by atoms with Gasteiger partial charge in [-0.25, -0.2) is 4.57 Å². The lowest BCUT2D eigenvalue weighted by Gasteiger charge is -2.20. The molecule has 0 spiro atoms. The van der Waals surface area contributed by atoms with Crippen LogP contribution in [0.4, 0.5) is 0 Å². The largest absolute Gasteiger partial charge is 0.472 e. The Morgan fingerprint density at radius 2 is 1.09 bits per heavy atom. The molecule has 0 aromatic rings. The Hall–Kier alpha value is -0.760. The quantitative estimate of drug-likeness (QED) is 0.0289. The summed E-state index contributed by atoms with van der Waals surface area (Å²) in [6.07, 6.45) is 35.0. The van der Waals surface area contributed by atoms with Gasteiger partial charge < -0.3 is 20.1 Å². The van der Waals surface area contributed by atoms with Crippen molar-refractivity contribution < 1.29 is 32.8 Å². The van der Waals surface area contributed by atoms with Crippen LogP contribution in [0.25, 0.3) is 0 Å². The van der Waals surface area contributed by atoms with Crippen molar-refractivity contribution in [2.75, 3.05) is 33.0 Å². The van der Waals surface area contributed by atoms with Crippen LogP contribution in [0.3, 0.4) is 0 Å². The van der Waals surface area contributed by atoms with E-state index >= 15 is 0 Å². The molecule has 0 aliphatic rings. The number of phosphoric acid groups is 1. The molecule has 0 saturated carbocycles. The second kappa shape index (κ2) is 35.5. The number of carbonyl (C=O) groups excluding carboxylic acids is 1. The average Bonchev–Trinajstić information content (AvgIpc) is 3.04. The fourth-order valence-electron chi connectivity index (χ4n) is 5.34. The van der Waals surface area contributed by atoms with E-state index in [1.807, 2.05) is 0 Å². The summed E-state index contributed by atoms with van der Waals surface area (Å²) in [5.74, 6) is -0.337. The molecule has 2 unspecified atom stereocenters. The highest BCUT2D eigenvalue weighted by molar-refractivity contribution is 7.47. The third-order valence-electron chi connectivity index (χ3n) is 8.18. The summed E-state index contributed by atoms with van der Waals surface area (Å²) in [5, 5.41) is 0. The molecular weight excluding hydrogens is 601 g/mol. The second-order valence-corrected chi connectivity index (χ2v) is 14.2. The molecule has 0 aliphatic carbocycles. The first kappa shape index (κ1) is 45.2. The molecular formula is C37H74NO7P. The first-order valence-electron chi connectivity index (χ1n) is 19.2. The van der Waals surface area contributed by atoms with Crippen molar-refractivity contribution in [2.45, 2.75) is 187 Å². The van der Waals surface area contributed by atoms with Crippen molar-refractivity contribution in [1.82, 2.24) is 0 Å². The van der Waals surface area contributed by atoms with Crippen LogP contribution in [-0.2, 0) is 27.9 Å². The lowest BCUT2D eigenvalue weighted by molar-refractivity contribution is -0.154. The highest BCUT2D eigenvalue weighted by atomic mass is 31.2. The number of hydrogen-bond acceptors (Lipinski definition) is 7. The fourth-order valence-corrected chi connectivity index (χ4v) is 6.11. The third kappa shape index (κ3) is 34.6. The Bertz CT molecular complexity index is 722. The van der Waals surface area contributed by atoms with Crippen molar-refractivity contribution in [2.24, 2.45) is 5.73 Å². The van der Waals surface area contributed by atoms with Crippen LogP contribution in [0.5, 0.6) is 0 Å². The van der Waals surface area contributed by atoms with Gasteiger partial charge in [0.15, 0.2) is 0 Å². The van der Waals surface area contributed by atoms with E-state index in [0.717, 1.165) is 44.9 Å². The molecule has 0 rings (SSSR count). The van der Waals surface area contributed by atoms with Crippen LogP contribution in [0.15, 0.2) is 12.2 Å². The van der Waals surface area contributed by atoms with E-state index in [1.54, 1.807) is 0 Å². The normalized spacial score (nSPS) is 13.7. The SMILES string of the molecule is CCCCCCCCC/C=C\CCCCCCCC(=O)OC(COCCCCCCCCCCCCC)COP(=O)(O)OCCN. The molecule has 0 aromatic carbocycles. The van der Waals surface area contributed by atoms with Gasteiger partial charge in [0.1, 0.15) is 6.10 Å². The summed E-state index contributed by atoms with van der Waals surface area (Å²) in [7, 11) is -4.26. The number of ether oxygens (including phenoxy) is 2. The van der Waals surface area contributed by atoms with Crippen LogP contribution in [-0.4, -0.2) is 49.9 Å². The van der Waals surface area contributed by atoms with Gasteiger partial charge in [-0.15, -0.1) is 0 Å². The number of phosphoric ester groups is 1. The van der Waals surface area contributed by atoms with E-state index in [9.17, 15) is 14.3 Å². The molecule has 274 valence electrons. The number of unbranched alkanes of at least 4 members (excludes halogenated alkanes) is 22. The zero-order valence-corrected chi connectivity index (χ0v) is 31.0. The zero-order valence-electron chi connectivity index (χ0n) is 30.1. The summed E-state index contributed by atoms with van der Waals surface area (Å²) in [5.41, 5.74) is 5.35. The van der Waals surface area contributed by atoms with E-state index in [4.69, 9.17) is 24.3 Å². The maximum atomic E-state index is 12.5. The summed E-state index contributed by atoms with van der Waals surface area (Å²) in [6, 6.07) is 0. The van der Waals surface area contributed by atoms with Crippen LogP contribution < -0.4 is 5.73 Å². The van der Waals surface area contributed by atoms with Crippen molar-refractivity contribution in [3.05, 3.63) is 12.2 Å². The first-order valence-corrected chi connectivity index (χ1v) is 20.7. The molecule has 0 bridgehead atoms. The van der Waals surface area contributed by atoms with E-state index in [-0.39, 0.29) is 32.3 Å². The molecule has 0 aliphatic heterocycles. The maximum absolute atomic E-state index is 12.5. The topological polar surface area (TPSA) is 117 Å². The summed E-state index contributed by atoms with van der Waals surface area (Å²) in [6.45, 7) is 4.92. The minimum absolute atomic E-state index is 0.0941. The minimum Gasteiger partial charge on any atom is -0.457 e. The first-order chi connectivity index (χ1) is 22.4. The average molecular weight is 676 g/mol. The Morgan fingerprint density at radius 3 is 1.59 bits per heavy atom. The molecule has 0 amide bonds. The van der Waals surface area contributed by atoms with E-state index in [2.05, 4.69) is 26.0 Å². The van der Waals surface area contributed by atoms with Crippen LogP contribution in [0.1, 0.15) is 181 Å². The molecule has 46 heavy (non-hydrogen) atoms. The van der Waals surface area contributed by atoms with Crippen molar-refractivity contribution in [3.63, 3.8) is 0 Å². The Morgan fingerprint density at radius 1 is 0.630 bits per heavy atom. The molecule has 0 radical (unpaired) electrons.